The SMILES string of the molecule is CCCc1ncc2c(n1)N(C)CCN(c1cccc(N(N)/C=C(\N)CN3CCCCC3)c1)C2=O. The number of likely N-dealkylation sites (tertiary alicyclic amines) is 1. The van der Waals surface area contributed by atoms with Crippen molar-refractivity contribution in [3.8, 4) is 0 Å². The number of hydrazine groups is 1. The summed E-state index contributed by atoms with van der Waals surface area (Å²) in [6.45, 7) is 6.16. The van der Waals surface area contributed by atoms with Gasteiger partial charge in [-0.1, -0.05) is 19.4 Å². The highest BCUT2D eigenvalue weighted by atomic mass is 16.2. The monoisotopic (exact) mass is 464 g/mol. The predicted octanol–water partition coefficient (Wildman–Crippen LogP) is 2.49. The Morgan fingerprint density at radius 3 is 2.74 bits per heavy atom. The maximum absolute atomic E-state index is 13.5. The Hall–Kier alpha value is -3.17. The van der Waals surface area contributed by atoms with Gasteiger partial charge in [-0.25, -0.2) is 15.8 Å². The molecule has 0 aliphatic carbocycles. The zero-order valence-electron chi connectivity index (χ0n) is 20.3. The summed E-state index contributed by atoms with van der Waals surface area (Å²) in [7, 11) is 1.96. The van der Waals surface area contributed by atoms with Crippen LogP contribution in [0.1, 0.15) is 48.8 Å². The van der Waals surface area contributed by atoms with E-state index in [4.69, 9.17) is 11.6 Å². The molecule has 1 fully saturated rings. The molecule has 1 aromatic carbocycles. The number of piperidine rings is 1. The first-order chi connectivity index (χ1) is 16.5. The number of hydrogen-bond donors (Lipinski definition) is 2. The van der Waals surface area contributed by atoms with Crippen molar-refractivity contribution in [1.82, 2.24) is 14.9 Å². The molecule has 1 aromatic heterocycles. The van der Waals surface area contributed by atoms with E-state index in [0.717, 1.165) is 48.8 Å². The van der Waals surface area contributed by atoms with Gasteiger partial charge in [-0.15, -0.1) is 0 Å². The lowest BCUT2D eigenvalue weighted by atomic mass is 10.1. The lowest BCUT2D eigenvalue weighted by Gasteiger charge is -2.27. The largest absolute Gasteiger partial charge is 0.400 e. The van der Waals surface area contributed by atoms with Gasteiger partial charge in [0, 0.05) is 56.9 Å². The molecule has 9 heteroatoms. The molecule has 0 spiro atoms. The molecule has 1 saturated heterocycles. The molecule has 4 rings (SSSR count). The highest BCUT2D eigenvalue weighted by molar-refractivity contribution is 6.09. The molecule has 34 heavy (non-hydrogen) atoms. The number of anilines is 3. The Kier molecular flexibility index (Phi) is 7.64. The molecule has 182 valence electrons. The van der Waals surface area contributed by atoms with Crippen molar-refractivity contribution in [2.75, 3.05) is 54.6 Å². The molecule has 0 unspecified atom stereocenters. The summed E-state index contributed by atoms with van der Waals surface area (Å²) in [4.78, 5) is 28.7. The van der Waals surface area contributed by atoms with Crippen LogP contribution in [-0.4, -0.2) is 60.5 Å². The highest BCUT2D eigenvalue weighted by Gasteiger charge is 2.28. The highest BCUT2D eigenvalue weighted by Crippen LogP contribution is 2.28. The maximum Gasteiger partial charge on any atom is 0.263 e. The summed E-state index contributed by atoms with van der Waals surface area (Å²) in [6.07, 6.45) is 8.91. The van der Waals surface area contributed by atoms with Gasteiger partial charge in [-0.3, -0.25) is 14.7 Å². The summed E-state index contributed by atoms with van der Waals surface area (Å²) >= 11 is 0. The Bertz CT molecular complexity index is 1030. The fraction of sp³-hybridized carbons (Fsp3) is 0.480. The molecule has 2 aliphatic heterocycles. The van der Waals surface area contributed by atoms with Crippen molar-refractivity contribution in [3.05, 3.63) is 53.7 Å². The Morgan fingerprint density at radius 1 is 1.18 bits per heavy atom. The lowest BCUT2D eigenvalue weighted by Crippen LogP contribution is -2.35. The van der Waals surface area contributed by atoms with Gasteiger partial charge in [0.15, 0.2) is 0 Å². The molecule has 3 heterocycles. The fourth-order valence-electron chi connectivity index (χ4n) is 4.53. The molecule has 2 aliphatic rings. The second kappa shape index (κ2) is 10.8. The zero-order chi connectivity index (χ0) is 24.1. The number of rotatable bonds is 7. The second-order valence-electron chi connectivity index (χ2n) is 9.12. The van der Waals surface area contributed by atoms with Gasteiger partial charge in [0.1, 0.15) is 17.2 Å². The lowest BCUT2D eigenvalue weighted by molar-refractivity contribution is 0.0989. The van der Waals surface area contributed by atoms with E-state index in [1.54, 1.807) is 17.3 Å². The van der Waals surface area contributed by atoms with E-state index in [1.807, 2.05) is 36.2 Å². The summed E-state index contributed by atoms with van der Waals surface area (Å²) in [5, 5.41) is 1.53. The van der Waals surface area contributed by atoms with Crippen LogP contribution < -0.4 is 26.4 Å². The number of likely N-dealkylation sites (N-methyl/N-ethyl adjacent to an activating group) is 1. The first kappa shape index (κ1) is 24.0. The van der Waals surface area contributed by atoms with Gasteiger partial charge in [-0.05, 0) is 50.6 Å². The van der Waals surface area contributed by atoms with Crippen molar-refractivity contribution in [3.63, 3.8) is 0 Å². The number of nitrogens with zero attached hydrogens (tertiary/aromatic N) is 6. The van der Waals surface area contributed by atoms with Crippen LogP contribution >= 0.6 is 0 Å². The summed E-state index contributed by atoms with van der Waals surface area (Å²) in [6, 6.07) is 7.66. The smallest absolute Gasteiger partial charge is 0.263 e. The second-order valence-corrected chi connectivity index (χ2v) is 9.12. The first-order valence-corrected chi connectivity index (χ1v) is 12.2. The molecule has 0 bridgehead atoms. The molecule has 1 amide bonds. The van der Waals surface area contributed by atoms with Crippen LogP contribution in [0.3, 0.4) is 0 Å². The van der Waals surface area contributed by atoms with E-state index < -0.39 is 0 Å². The summed E-state index contributed by atoms with van der Waals surface area (Å²) in [5.74, 6) is 7.69. The van der Waals surface area contributed by atoms with Crippen LogP contribution in [0.2, 0.25) is 0 Å². The predicted molar refractivity (Wildman–Crippen MR) is 137 cm³/mol. The standard InChI is InChI=1S/C25H36N8O/c1-3-8-23-28-16-22-24(29-23)30(2)13-14-32(25(22)34)20-9-7-10-21(15-20)33(27)18-19(26)17-31-11-5-4-6-12-31/h7,9-10,15-16,18H,3-6,8,11-14,17,26-27H2,1-2H3/b19-18-. The van der Waals surface area contributed by atoms with Crippen LogP contribution in [0.25, 0.3) is 0 Å². The first-order valence-electron chi connectivity index (χ1n) is 12.2. The van der Waals surface area contributed by atoms with Gasteiger partial charge >= 0.3 is 0 Å². The Labute approximate surface area is 202 Å². The number of carbonyl (C=O) groups excluding carboxylic acids is 1. The van der Waals surface area contributed by atoms with Crippen LogP contribution in [-0.2, 0) is 6.42 Å². The molecule has 0 saturated carbocycles. The van der Waals surface area contributed by atoms with Gasteiger partial charge in [0.05, 0.1) is 5.69 Å². The van der Waals surface area contributed by atoms with Crippen molar-refractivity contribution < 1.29 is 4.79 Å². The van der Waals surface area contributed by atoms with E-state index in [1.165, 1.54) is 24.3 Å². The van der Waals surface area contributed by atoms with Crippen LogP contribution in [0.15, 0.2) is 42.4 Å². The summed E-state index contributed by atoms with van der Waals surface area (Å²) < 4.78 is 0. The van der Waals surface area contributed by atoms with Crippen molar-refractivity contribution >= 4 is 23.1 Å². The third kappa shape index (κ3) is 5.48. The number of fused-ring (bicyclic) bond motifs is 1. The van der Waals surface area contributed by atoms with E-state index in [-0.39, 0.29) is 5.91 Å². The number of aryl methyl sites for hydroxylation is 1. The minimum Gasteiger partial charge on any atom is -0.400 e. The molecule has 0 atom stereocenters. The average Bonchev–Trinajstić information content (AvgIpc) is 2.96. The number of hydrogen-bond acceptors (Lipinski definition) is 8. The number of nitrogens with two attached hydrogens (primary N) is 2. The van der Waals surface area contributed by atoms with Crippen LogP contribution in [0.5, 0.6) is 0 Å². The van der Waals surface area contributed by atoms with Crippen molar-refractivity contribution in [1.29, 1.82) is 0 Å². The number of amides is 1. The van der Waals surface area contributed by atoms with Crippen molar-refractivity contribution in [2.45, 2.75) is 39.0 Å². The Balaban J connectivity index is 1.53. The maximum atomic E-state index is 13.5. The average molecular weight is 465 g/mol. The van der Waals surface area contributed by atoms with Crippen LogP contribution in [0, 0.1) is 0 Å². The van der Waals surface area contributed by atoms with Crippen LogP contribution in [0.4, 0.5) is 17.2 Å². The topological polar surface area (TPSA) is 108 Å². The number of aromatic nitrogens is 2. The van der Waals surface area contributed by atoms with Gasteiger partial charge in [0.25, 0.3) is 5.91 Å². The van der Waals surface area contributed by atoms with Crippen molar-refractivity contribution in [2.24, 2.45) is 11.6 Å². The third-order valence-corrected chi connectivity index (χ3v) is 6.39. The van der Waals surface area contributed by atoms with Gasteiger partial charge in [-0.2, -0.15) is 0 Å². The molecular formula is C25H36N8O. The third-order valence-electron chi connectivity index (χ3n) is 6.39. The number of carbonyl (C=O) groups is 1. The molecule has 4 N–H and O–H groups in total. The molecule has 9 nitrogen and oxygen atoms in total. The molecular weight excluding hydrogens is 428 g/mol. The minimum atomic E-state index is -0.108. The van der Waals surface area contributed by atoms with Gasteiger partial charge in [0.2, 0.25) is 0 Å². The zero-order valence-corrected chi connectivity index (χ0v) is 20.3. The van der Waals surface area contributed by atoms with E-state index in [9.17, 15) is 4.79 Å². The van der Waals surface area contributed by atoms with Gasteiger partial charge < -0.3 is 15.5 Å². The quantitative estimate of drug-likeness (QED) is 0.475. The molecule has 0 radical (unpaired) electrons. The van der Waals surface area contributed by atoms with E-state index in [2.05, 4.69) is 21.8 Å². The van der Waals surface area contributed by atoms with E-state index in [0.29, 0.717) is 31.0 Å². The molecule has 2 aromatic rings. The minimum absolute atomic E-state index is 0.108. The normalized spacial score (nSPS) is 17.5. The summed E-state index contributed by atoms with van der Waals surface area (Å²) in [5.41, 5.74) is 9.06. The fourth-order valence-corrected chi connectivity index (χ4v) is 4.53. The van der Waals surface area contributed by atoms with E-state index >= 15 is 0 Å². The Morgan fingerprint density at radius 2 is 1.97 bits per heavy atom. The number of benzene rings is 1.